The van der Waals surface area contributed by atoms with Crippen LogP contribution in [0.25, 0.3) is 10.9 Å². The first-order valence-electron chi connectivity index (χ1n) is 10.9. The molecule has 7 nitrogen and oxygen atoms in total. The number of anilines is 3. The monoisotopic (exact) mass is 441 g/mol. The molecular weight excluding hydrogens is 417 g/mol. The van der Waals surface area contributed by atoms with Crippen LogP contribution in [0.4, 0.5) is 22.0 Å². The Balaban J connectivity index is 0.000000190. The van der Waals surface area contributed by atoms with E-state index in [1.807, 2.05) is 30.5 Å². The molecule has 6 rings (SSSR count). The van der Waals surface area contributed by atoms with Gasteiger partial charge in [-0.25, -0.2) is 9.37 Å². The Kier molecular flexibility index (Phi) is 5.97. The highest BCUT2D eigenvalue weighted by molar-refractivity contribution is 5.83. The second kappa shape index (κ2) is 9.52. The van der Waals surface area contributed by atoms with Gasteiger partial charge in [0.15, 0.2) is 0 Å². The quantitative estimate of drug-likeness (QED) is 0.270. The van der Waals surface area contributed by atoms with E-state index in [1.165, 1.54) is 29.9 Å². The minimum Gasteiger partial charge on any atom is -0.361 e. The van der Waals surface area contributed by atoms with Crippen molar-refractivity contribution < 1.29 is 4.39 Å². The van der Waals surface area contributed by atoms with Gasteiger partial charge in [0.25, 0.3) is 0 Å². The first-order valence-corrected chi connectivity index (χ1v) is 10.9. The molecule has 1 aliphatic rings. The van der Waals surface area contributed by atoms with Crippen molar-refractivity contribution in [2.75, 3.05) is 10.6 Å². The molecule has 0 radical (unpaired) electrons. The van der Waals surface area contributed by atoms with Gasteiger partial charge < -0.3 is 15.6 Å². The van der Waals surface area contributed by atoms with E-state index >= 15 is 0 Å². The number of hydrogen-bond acceptors (Lipinski definition) is 5. The van der Waals surface area contributed by atoms with Gasteiger partial charge in [0.2, 0.25) is 5.95 Å². The lowest BCUT2D eigenvalue weighted by molar-refractivity contribution is 0.611. The van der Waals surface area contributed by atoms with Crippen LogP contribution in [0, 0.1) is 5.82 Å². The van der Waals surface area contributed by atoms with E-state index in [2.05, 4.69) is 54.0 Å². The third kappa shape index (κ3) is 5.17. The lowest BCUT2D eigenvalue weighted by Gasteiger charge is -2.08. The first-order chi connectivity index (χ1) is 16.3. The van der Waals surface area contributed by atoms with E-state index in [9.17, 15) is 4.39 Å². The number of nitrogens with zero attached hydrogens (tertiary/aromatic N) is 3. The Morgan fingerprint density at radius 1 is 0.970 bits per heavy atom. The summed E-state index contributed by atoms with van der Waals surface area (Å²) >= 11 is 0. The van der Waals surface area contributed by atoms with Crippen molar-refractivity contribution in [3.05, 3.63) is 96.2 Å². The van der Waals surface area contributed by atoms with Gasteiger partial charge in [0.1, 0.15) is 17.5 Å². The second-order valence-corrected chi connectivity index (χ2v) is 7.87. The molecule has 1 aliphatic carbocycles. The van der Waals surface area contributed by atoms with Crippen molar-refractivity contribution in [1.82, 2.24) is 25.1 Å². The molecule has 1 saturated carbocycles. The van der Waals surface area contributed by atoms with Crippen molar-refractivity contribution in [2.24, 2.45) is 0 Å². The van der Waals surface area contributed by atoms with Crippen molar-refractivity contribution in [1.29, 1.82) is 0 Å². The molecule has 0 spiro atoms. The number of nitrogens with one attached hydrogen (secondary N) is 4. The summed E-state index contributed by atoms with van der Waals surface area (Å²) in [5.74, 6) is 2.55. The fourth-order valence-electron chi connectivity index (χ4n) is 3.66. The molecule has 0 atom stereocenters. The summed E-state index contributed by atoms with van der Waals surface area (Å²) in [7, 11) is 0. The molecule has 3 heterocycles. The number of fused-ring (bicyclic) bond motifs is 1. The molecule has 0 unspecified atom stereocenters. The van der Waals surface area contributed by atoms with Crippen LogP contribution in [0.15, 0.2) is 79.3 Å². The highest BCUT2D eigenvalue weighted by Gasteiger charge is 2.25. The summed E-state index contributed by atoms with van der Waals surface area (Å²) in [6.45, 7) is 0.655. The topological polar surface area (TPSA) is 94.3 Å². The van der Waals surface area contributed by atoms with Crippen LogP contribution in [0.5, 0.6) is 0 Å². The summed E-state index contributed by atoms with van der Waals surface area (Å²) < 4.78 is 12.9. The van der Waals surface area contributed by atoms with Crippen LogP contribution in [0.1, 0.15) is 29.9 Å². The van der Waals surface area contributed by atoms with E-state index in [1.54, 1.807) is 24.5 Å². The van der Waals surface area contributed by atoms with Gasteiger partial charge in [-0.3, -0.25) is 5.10 Å². The van der Waals surface area contributed by atoms with Gasteiger partial charge in [-0.15, -0.1) is 0 Å². The zero-order valence-electron chi connectivity index (χ0n) is 17.9. The zero-order valence-corrected chi connectivity index (χ0v) is 17.9. The van der Waals surface area contributed by atoms with Gasteiger partial charge in [-0.1, -0.05) is 30.3 Å². The van der Waals surface area contributed by atoms with E-state index in [-0.39, 0.29) is 5.82 Å². The molecule has 0 aliphatic heterocycles. The van der Waals surface area contributed by atoms with Crippen LogP contribution in [-0.4, -0.2) is 25.1 Å². The maximum Gasteiger partial charge on any atom is 0.224 e. The molecule has 166 valence electrons. The lowest BCUT2D eigenvalue weighted by Crippen LogP contribution is -2.05. The predicted molar refractivity (Wildman–Crippen MR) is 128 cm³/mol. The number of H-pyrrole nitrogens is 2. The molecule has 4 N–H and O–H groups in total. The summed E-state index contributed by atoms with van der Waals surface area (Å²) in [5.41, 5.74) is 3.22. The standard InChI is InChI=1S/C16H15N7.C9H9F/c1-2-11(12-4-7-17-13(12)3-1)10-19-16-18-8-5-14(22-16)21-15-6-9-20-23-15;10-9-4-2-1-3-8(9)7-5-6-7/h1-9,17H,10H2,(H3,18,19,20,21,22,23);1-4,7H,5-6H2. The van der Waals surface area contributed by atoms with Crippen molar-refractivity contribution in [3.63, 3.8) is 0 Å². The Morgan fingerprint density at radius 2 is 1.88 bits per heavy atom. The average molecular weight is 442 g/mol. The Bertz CT molecular complexity index is 1330. The Hall–Kier alpha value is -4.20. The molecule has 8 heteroatoms. The van der Waals surface area contributed by atoms with E-state index in [4.69, 9.17) is 0 Å². The van der Waals surface area contributed by atoms with Crippen molar-refractivity contribution >= 4 is 28.5 Å². The Morgan fingerprint density at radius 3 is 2.70 bits per heavy atom. The van der Waals surface area contributed by atoms with Gasteiger partial charge in [-0.05, 0) is 54.2 Å². The second-order valence-electron chi connectivity index (χ2n) is 7.87. The minimum atomic E-state index is -0.0370. The highest BCUT2D eigenvalue weighted by Crippen LogP contribution is 2.40. The van der Waals surface area contributed by atoms with Gasteiger partial charge in [0, 0.05) is 35.9 Å². The minimum absolute atomic E-state index is 0.0370. The lowest BCUT2D eigenvalue weighted by atomic mass is 10.1. The molecule has 2 aromatic carbocycles. The highest BCUT2D eigenvalue weighted by atomic mass is 19.1. The SMILES string of the molecule is Fc1ccccc1C1CC1.c1cc(CNc2nccc(Nc3ccn[nH]3)n2)c2cc[nH]c2c1. The summed E-state index contributed by atoms with van der Waals surface area (Å²) in [6, 6.07) is 19.0. The summed E-state index contributed by atoms with van der Waals surface area (Å²) in [5, 5.41) is 14.3. The molecule has 5 aromatic rings. The summed E-state index contributed by atoms with van der Waals surface area (Å²) in [6.07, 6.45) is 7.67. The van der Waals surface area contributed by atoms with Crippen LogP contribution < -0.4 is 10.6 Å². The van der Waals surface area contributed by atoms with Crippen LogP contribution in [0.3, 0.4) is 0 Å². The fraction of sp³-hybridized carbons (Fsp3) is 0.160. The fourth-order valence-corrected chi connectivity index (χ4v) is 3.66. The van der Waals surface area contributed by atoms with E-state index in [0.29, 0.717) is 24.2 Å². The molecule has 0 saturated heterocycles. The summed E-state index contributed by atoms with van der Waals surface area (Å²) in [4.78, 5) is 11.9. The maximum absolute atomic E-state index is 12.9. The number of aromatic nitrogens is 5. The third-order valence-corrected chi connectivity index (χ3v) is 5.46. The molecule has 33 heavy (non-hydrogen) atoms. The molecule has 1 fully saturated rings. The number of benzene rings is 2. The number of hydrogen-bond donors (Lipinski definition) is 4. The van der Waals surface area contributed by atoms with Crippen LogP contribution in [-0.2, 0) is 6.54 Å². The maximum atomic E-state index is 12.9. The largest absolute Gasteiger partial charge is 0.361 e. The zero-order chi connectivity index (χ0) is 22.5. The molecule has 0 bridgehead atoms. The Labute approximate surface area is 190 Å². The van der Waals surface area contributed by atoms with Gasteiger partial charge >= 0.3 is 0 Å². The van der Waals surface area contributed by atoms with E-state index in [0.717, 1.165) is 16.9 Å². The van der Waals surface area contributed by atoms with Crippen molar-refractivity contribution in [3.8, 4) is 0 Å². The van der Waals surface area contributed by atoms with E-state index < -0.39 is 0 Å². The normalized spacial score (nSPS) is 12.8. The van der Waals surface area contributed by atoms with Gasteiger partial charge in [0.05, 0.1) is 6.20 Å². The number of rotatable bonds is 6. The van der Waals surface area contributed by atoms with Gasteiger partial charge in [-0.2, -0.15) is 10.1 Å². The molecular formula is C25H24FN7. The number of halogens is 1. The predicted octanol–water partition coefficient (Wildman–Crippen LogP) is 5.74. The average Bonchev–Trinajstić information content (AvgIpc) is 3.33. The van der Waals surface area contributed by atoms with Crippen molar-refractivity contribution in [2.45, 2.75) is 25.3 Å². The van der Waals surface area contributed by atoms with Crippen LogP contribution in [0.2, 0.25) is 0 Å². The first kappa shape index (κ1) is 20.7. The third-order valence-electron chi connectivity index (χ3n) is 5.46. The number of aromatic amines is 2. The molecule has 0 amide bonds. The molecule has 3 aromatic heterocycles. The van der Waals surface area contributed by atoms with Crippen LogP contribution >= 0.6 is 0 Å². The smallest absolute Gasteiger partial charge is 0.224 e.